The Morgan fingerprint density at radius 3 is 2.21 bits per heavy atom. The summed E-state index contributed by atoms with van der Waals surface area (Å²) in [6, 6.07) is 7.00. The van der Waals surface area contributed by atoms with E-state index < -0.39 is 0 Å². The second kappa shape index (κ2) is 5.24. The van der Waals surface area contributed by atoms with Gasteiger partial charge in [-0.1, -0.05) is 29.4 Å². The predicted molar refractivity (Wildman–Crippen MR) is 52.0 cm³/mol. The van der Waals surface area contributed by atoms with E-state index in [0.717, 1.165) is 5.56 Å². The first-order valence-corrected chi connectivity index (χ1v) is 4.02. The van der Waals surface area contributed by atoms with Crippen molar-refractivity contribution in [1.82, 2.24) is 0 Å². The fourth-order valence-electron chi connectivity index (χ4n) is 1.12. The van der Waals surface area contributed by atoms with Gasteiger partial charge in [0.25, 0.3) is 0 Å². The standard InChI is InChI=1S/C9H11N3O2/c1-13-9(14-2)7-3-5-8(6-4-7)11-12-10/h3-6,9H,1-2H3. The molecule has 0 bridgehead atoms. The Bertz CT molecular complexity index is 326. The SMILES string of the molecule is COC(OC)c1ccc(N=[N+]=[N-])cc1. The summed E-state index contributed by atoms with van der Waals surface area (Å²) in [5, 5.41) is 3.46. The Kier molecular flexibility index (Phi) is 3.94. The quantitative estimate of drug-likeness (QED) is 0.319. The summed E-state index contributed by atoms with van der Waals surface area (Å²) < 4.78 is 10.1. The van der Waals surface area contributed by atoms with Gasteiger partial charge in [0.05, 0.1) is 0 Å². The highest BCUT2D eigenvalue weighted by atomic mass is 16.7. The molecule has 5 heteroatoms. The minimum Gasteiger partial charge on any atom is -0.352 e. The monoisotopic (exact) mass is 193 g/mol. The molecule has 1 aromatic carbocycles. The molecule has 0 unspecified atom stereocenters. The van der Waals surface area contributed by atoms with Gasteiger partial charge in [0.2, 0.25) is 0 Å². The van der Waals surface area contributed by atoms with Gasteiger partial charge < -0.3 is 9.47 Å². The molecule has 74 valence electrons. The average Bonchev–Trinajstić information content (AvgIpc) is 2.23. The van der Waals surface area contributed by atoms with E-state index in [0.29, 0.717) is 5.69 Å². The molecule has 0 amide bonds. The van der Waals surface area contributed by atoms with Gasteiger partial charge in [-0.25, -0.2) is 0 Å². The van der Waals surface area contributed by atoms with Gasteiger partial charge in [-0.2, -0.15) is 0 Å². The number of benzene rings is 1. The highest BCUT2D eigenvalue weighted by Crippen LogP contribution is 2.20. The zero-order valence-electron chi connectivity index (χ0n) is 8.04. The third kappa shape index (κ3) is 2.47. The second-order valence-corrected chi connectivity index (χ2v) is 2.58. The number of hydrogen-bond acceptors (Lipinski definition) is 3. The number of ether oxygens (including phenoxy) is 2. The lowest BCUT2D eigenvalue weighted by Gasteiger charge is -2.13. The van der Waals surface area contributed by atoms with Crippen LogP contribution in [0, 0.1) is 0 Å². The van der Waals surface area contributed by atoms with Gasteiger partial charge in [-0.3, -0.25) is 0 Å². The molecule has 0 spiro atoms. The Labute approximate surface area is 81.9 Å². The van der Waals surface area contributed by atoms with Crippen molar-refractivity contribution >= 4 is 5.69 Å². The molecule has 0 atom stereocenters. The van der Waals surface area contributed by atoms with Gasteiger partial charge in [-0.15, -0.1) is 0 Å². The van der Waals surface area contributed by atoms with E-state index in [1.165, 1.54) is 0 Å². The summed E-state index contributed by atoms with van der Waals surface area (Å²) in [5.74, 6) is 0. The minimum absolute atomic E-state index is 0.380. The highest BCUT2D eigenvalue weighted by Gasteiger charge is 2.07. The largest absolute Gasteiger partial charge is 0.352 e. The normalized spacial score (nSPS) is 9.93. The minimum atomic E-state index is -0.380. The van der Waals surface area contributed by atoms with Crippen LogP contribution < -0.4 is 0 Å². The summed E-state index contributed by atoms with van der Waals surface area (Å²) in [6.45, 7) is 0. The van der Waals surface area contributed by atoms with Crippen LogP contribution >= 0.6 is 0 Å². The van der Waals surface area contributed by atoms with E-state index in [4.69, 9.17) is 15.0 Å². The van der Waals surface area contributed by atoms with Crippen LogP contribution in [0.25, 0.3) is 10.4 Å². The molecule has 0 fully saturated rings. The topological polar surface area (TPSA) is 67.2 Å². The van der Waals surface area contributed by atoms with Crippen molar-refractivity contribution in [2.24, 2.45) is 5.11 Å². The predicted octanol–water partition coefficient (Wildman–Crippen LogP) is 2.92. The fraction of sp³-hybridized carbons (Fsp3) is 0.333. The maximum absolute atomic E-state index is 8.20. The molecule has 0 saturated heterocycles. The number of nitrogens with zero attached hydrogens (tertiary/aromatic N) is 3. The van der Waals surface area contributed by atoms with E-state index in [1.54, 1.807) is 38.5 Å². The van der Waals surface area contributed by atoms with Crippen LogP contribution in [0.5, 0.6) is 0 Å². The molecule has 1 rings (SSSR count). The molecule has 0 heterocycles. The van der Waals surface area contributed by atoms with Crippen molar-refractivity contribution in [3.63, 3.8) is 0 Å². The first-order chi connectivity index (χ1) is 6.81. The van der Waals surface area contributed by atoms with Gasteiger partial charge >= 0.3 is 0 Å². The number of hydrogen-bond donors (Lipinski definition) is 0. The number of methoxy groups -OCH3 is 2. The summed E-state index contributed by atoms with van der Waals surface area (Å²) in [4.78, 5) is 2.68. The molecular weight excluding hydrogens is 182 g/mol. The molecule has 0 aliphatic rings. The Morgan fingerprint density at radius 1 is 1.21 bits per heavy atom. The summed E-state index contributed by atoms with van der Waals surface area (Å²) in [7, 11) is 3.13. The smallest absolute Gasteiger partial charge is 0.183 e. The molecule has 0 radical (unpaired) electrons. The van der Waals surface area contributed by atoms with Gasteiger partial charge in [0.1, 0.15) is 0 Å². The average molecular weight is 193 g/mol. The van der Waals surface area contributed by atoms with Crippen molar-refractivity contribution in [3.8, 4) is 0 Å². The van der Waals surface area contributed by atoms with E-state index in [9.17, 15) is 0 Å². The summed E-state index contributed by atoms with van der Waals surface area (Å²) >= 11 is 0. The van der Waals surface area contributed by atoms with Crippen molar-refractivity contribution in [2.45, 2.75) is 6.29 Å². The van der Waals surface area contributed by atoms with E-state index in [-0.39, 0.29) is 6.29 Å². The molecule has 0 N–H and O–H groups in total. The Hall–Kier alpha value is -1.55. The number of rotatable bonds is 4. The lowest BCUT2D eigenvalue weighted by atomic mass is 10.2. The highest BCUT2D eigenvalue weighted by molar-refractivity contribution is 5.38. The zero-order valence-corrected chi connectivity index (χ0v) is 8.04. The van der Waals surface area contributed by atoms with Crippen molar-refractivity contribution in [1.29, 1.82) is 0 Å². The first kappa shape index (κ1) is 10.5. The van der Waals surface area contributed by atoms with Crippen LogP contribution in [0.2, 0.25) is 0 Å². The first-order valence-electron chi connectivity index (χ1n) is 4.02. The number of azide groups is 1. The summed E-state index contributed by atoms with van der Waals surface area (Å²) in [5.41, 5.74) is 9.65. The Balaban J connectivity index is 2.86. The van der Waals surface area contributed by atoms with Crippen molar-refractivity contribution < 1.29 is 9.47 Å². The molecule has 0 aromatic heterocycles. The molecule has 14 heavy (non-hydrogen) atoms. The lowest BCUT2D eigenvalue weighted by molar-refractivity contribution is -0.106. The fourth-order valence-corrected chi connectivity index (χ4v) is 1.12. The van der Waals surface area contributed by atoms with Crippen LogP contribution in [0.1, 0.15) is 11.9 Å². The zero-order chi connectivity index (χ0) is 10.4. The van der Waals surface area contributed by atoms with Gasteiger partial charge in [-0.05, 0) is 5.53 Å². The van der Waals surface area contributed by atoms with E-state index >= 15 is 0 Å². The Morgan fingerprint density at radius 2 is 1.79 bits per heavy atom. The maximum atomic E-state index is 8.20. The molecule has 5 nitrogen and oxygen atoms in total. The van der Waals surface area contributed by atoms with Crippen molar-refractivity contribution in [2.75, 3.05) is 14.2 Å². The van der Waals surface area contributed by atoms with Crippen LogP contribution in [-0.2, 0) is 9.47 Å². The van der Waals surface area contributed by atoms with Gasteiger partial charge in [0, 0.05) is 30.4 Å². The lowest BCUT2D eigenvalue weighted by Crippen LogP contribution is -2.02. The van der Waals surface area contributed by atoms with Gasteiger partial charge in [0.15, 0.2) is 6.29 Å². The van der Waals surface area contributed by atoms with Crippen LogP contribution in [0.15, 0.2) is 29.4 Å². The van der Waals surface area contributed by atoms with E-state index in [2.05, 4.69) is 10.0 Å². The molecule has 0 aliphatic carbocycles. The van der Waals surface area contributed by atoms with Crippen LogP contribution in [-0.4, -0.2) is 14.2 Å². The summed E-state index contributed by atoms with van der Waals surface area (Å²) in [6.07, 6.45) is -0.380. The molecule has 0 saturated carbocycles. The molecule has 0 aliphatic heterocycles. The third-order valence-corrected chi connectivity index (χ3v) is 1.75. The third-order valence-electron chi connectivity index (χ3n) is 1.75. The second-order valence-electron chi connectivity index (χ2n) is 2.58. The van der Waals surface area contributed by atoms with E-state index in [1.807, 2.05) is 0 Å². The molecule has 1 aromatic rings. The van der Waals surface area contributed by atoms with Crippen LogP contribution in [0.3, 0.4) is 0 Å². The van der Waals surface area contributed by atoms with Crippen molar-refractivity contribution in [3.05, 3.63) is 40.3 Å². The maximum Gasteiger partial charge on any atom is 0.183 e. The van der Waals surface area contributed by atoms with Crippen LogP contribution in [0.4, 0.5) is 5.69 Å². The molecular formula is C9H11N3O2.